The number of hydrogen-bond donors (Lipinski definition) is 0. The van der Waals surface area contributed by atoms with Crippen LogP contribution in [0, 0.1) is 5.92 Å². The molecule has 1 nitrogen and oxygen atoms in total. The monoisotopic (exact) mass is 262 g/mol. The van der Waals surface area contributed by atoms with Gasteiger partial charge in [0.15, 0.2) is 0 Å². The van der Waals surface area contributed by atoms with E-state index in [1.807, 2.05) is 24.3 Å². The van der Waals surface area contributed by atoms with E-state index in [2.05, 4.69) is 15.9 Å². The van der Waals surface area contributed by atoms with E-state index in [4.69, 9.17) is 4.74 Å². The van der Waals surface area contributed by atoms with Crippen LogP contribution in [0.1, 0.15) is 11.7 Å². The van der Waals surface area contributed by atoms with Gasteiger partial charge in [-0.05, 0) is 17.7 Å². The van der Waals surface area contributed by atoms with Gasteiger partial charge in [-0.25, -0.2) is 8.78 Å². The molecule has 1 aliphatic rings. The Morgan fingerprint density at radius 1 is 1.43 bits per heavy atom. The first kappa shape index (κ1) is 10.1. The molecule has 0 N–H and O–H groups in total. The SMILES string of the molecule is FC(F)C1COC1c1cccc(Br)c1. The van der Waals surface area contributed by atoms with Crippen LogP contribution in [0.25, 0.3) is 0 Å². The van der Waals surface area contributed by atoms with E-state index in [1.54, 1.807) is 0 Å². The fourth-order valence-corrected chi connectivity index (χ4v) is 1.95. The van der Waals surface area contributed by atoms with Gasteiger partial charge in [0, 0.05) is 4.47 Å². The van der Waals surface area contributed by atoms with Gasteiger partial charge in [0.1, 0.15) is 0 Å². The number of ether oxygens (including phenoxy) is 1. The van der Waals surface area contributed by atoms with Crippen molar-refractivity contribution in [2.45, 2.75) is 12.5 Å². The molecule has 1 aromatic carbocycles. The Labute approximate surface area is 89.2 Å². The molecule has 2 atom stereocenters. The second-order valence-electron chi connectivity index (χ2n) is 3.31. The van der Waals surface area contributed by atoms with Crippen LogP contribution < -0.4 is 0 Å². The average Bonchev–Trinajstić information content (AvgIpc) is 2.00. The molecule has 4 heteroatoms. The molecular formula is C10H9BrF2O. The molecule has 1 heterocycles. The quantitative estimate of drug-likeness (QED) is 0.794. The fourth-order valence-electron chi connectivity index (χ4n) is 1.54. The molecule has 0 aromatic heterocycles. The number of rotatable bonds is 2. The summed E-state index contributed by atoms with van der Waals surface area (Å²) in [6.45, 7) is 0.162. The molecule has 1 aliphatic heterocycles. The minimum absolute atomic E-state index is 0.162. The molecule has 0 radical (unpaired) electrons. The van der Waals surface area contributed by atoms with Crippen LogP contribution in [0.2, 0.25) is 0 Å². The van der Waals surface area contributed by atoms with E-state index >= 15 is 0 Å². The predicted octanol–water partition coefficient (Wildman–Crippen LogP) is 3.40. The molecular weight excluding hydrogens is 254 g/mol. The number of halogens is 3. The maximum atomic E-state index is 12.4. The molecule has 2 rings (SSSR count). The molecule has 0 aliphatic carbocycles. The summed E-state index contributed by atoms with van der Waals surface area (Å²) < 4.78 is 30.9. The third-order valence-electron chi connectivity index (χ3n) is 2.36. The lowest BCUT2D eigenvalue weighted by Gasteiger charge is -2.36. The van der Waals surface area contributed by atoms with Crippen molar-refractivity contribution in [2.75, 3.05) is 6.61 Å². The number of benzene rings is 1. The van der Waals surface area contributed by atoms with Crippen LogP contribution in [0.3, 0.4) is 0 Å². The Balaban J connectivity index is 2.16. The van der Waals surface area contributed by atoms with Crippen LogP contribution in [0.4, 0.5) is 8.78 Å². The lowest BCUT2D eigenvalue weighted by molar-refractivity contribution is -0.171. The van der Waals surface area contributed by atoms with Crippen molar-refractivity contribution < 1.29 is 13.5 Å². The largest absolute Gasteiger partial charge is 0.372 e. The average molecular weight is 263 g/mol. The molecule has 14 heavy (non-hydrogen) atoms. The zero-order chi connectivity index (χ0) is 10.1. The van der Waals surface area contributed by atoms with Gasteiger partial charge in [0.05, 0.1) is 18.6 Å². The van der Waals surface area contributed by atoms with Crippen LogP contribution in [-0.2, 0) is 4.74 Å². The van der Waals surface area contributed by atoms with Gasteiger partial charge in [-0.2, -0.15) is 0 Å². The van der Waals surface area contributed by atoms with E-state index in [9.17, 15) is 8.78 Å². The second-order valence-corrected chi connectivity index (χ2v) is 4.22. The third kappa shape index (κ3) is 1.81. The molecule has 0 bridgehead atoms. The first-order valence-electron chi connectivity index (χ1n) is 4.33. The molecule has 1 fully saturated rings. The normalized spacial score (nSPS) is 26.3. The highest BCUT2D eigenvalue weighted by Gasteiger charge is 2.40. The predicted molar refractivity (Wildman–Crippen MR) is 52.3 cm³/mol. The van der Waals surface area contributed by atoms with E-state index in [-0.39, 0.29) is 6.61 Å². The van der Waals surface area contributed by atoms with Gasteiger partial charge in [-0.15, -0.1) is 0 Å². The summed E-state index contributed by atoms with van der Waals surface area (Å²) in [5.41, 5.74) is 0.816. The number of alkyl halides is 2. The summed E-state index contributed by atoms with van der Waals surface area (Å²) in [6.07, 6.45) is -2.74. The molecule has 0 spiro atoms. The van der Waals surface area contributed by atoms with Crippen LogP contribution >= 0.6 is 15.9 Å². The highest BCUT2D eigenvalue weighted by molar-refractivity contribution is 9.10. The first-order valence-corrected chi connectivity index (χ1v) is 5.13. The first-order chi connectivity index (χ1) is 6.68. The minimum Gasteiger partial charge on any atom is -0.372 e. The lowest BCUT2D eigenvalue weighted by Crippen LogP contribution is -2.37. The molecule has 1 aromatic rings. The molecule has 2 unspecified atom stereocenters. The van der Waals surface area contributed by atoms with Crippen molar-refractivity contribution in [3.05, 3.63) is 34.3 Å². The van der Waals surface area contributed by atoms with Crippen molar-refractivity contribution >= 4 is 15.9 Å². The second kappa shape index (κ2) is 3.95. The van der Waals surface area contributed by atoms with Crippen molar-refractivity contribution in [3.63, 3.8) is 0 Å². The van der Waals surface area contributed by atoms with E-state index in [0.29, 0.717) is 0 Å². The topological polar surface area (TPSA) is 9.23 Å². The van der Waals surface area contributed by atoms with Gasteiger partial charge < -0.3 is 4.74 Å². The highest BCUT2D eigenvalue weighted by Crippen LogP contribution is 2.39. The van der Waals surface area contributed by atoms with Crippen LogP contribution in [0.15, 0.2) is 28.7 Å². The summed E-state index contributed by atoms with van der Waals surface area (Å²) >= 11 is 3.30. The van der Waals surface area contributed by atoms with Gasteiger partial charge in [0.25, 0.3) is 0 Å². The summed E-state index contributed by atoms with van der Waals surface area (Å²) in [7, 11) is 0. The van der Waals surface area contributed by atoms with E-state index in [1.165, 1.54) is 0 Å². The van der Waals surface area contributed by atoms with E-state index < -0.39 is 18.4 Å². The zero-order valence-electron chi connectivity index (χ0n) is 7.29. The summed E-state index contributed by atoms with van der Waals surface area (Å²) in [4.78, 5) is 0. The zero-order valence-corrected chi connectivity index (χ0v) is 8.88. The third-order valence-corrected chi connectivity index (χ3v) is 2.85. The van der Waals surface area contributed by atoms with Gasteiger partial charge >= 0.3 is 0 Å². The summed E-state index contributed by atoms with van der Waals surface area (Å²) in [6, 6.07) is 7.31. The number of hydrogen-bond acceptors (Lipinski definition) is 1. The van der Waals surface area contributed by atoms with E-state index in [0.717, 1.165) is 10.0 Å². The smallest absolute Gasteiger partial charge is 0.246 e. The van der Waals surface area contributed by atoms with Crippen molar-refractivity contribution in [1.82, 2.24) is 0 Å². The van der Waals surface area contributed by atoms with Crippen molar-refractivity contribution in [2.24, 2.45) is 5.92 Å². The summed E-state index contributed by atoms with van der Waals surface area (Å²) in [5.74, 6) is -0.649. The summed E-state index contributed by atoms with van der Waals surface area (Å²) in [5, 5.41) is 0. The molecule has 76 valence electrons. The lowest BCUT2D eigenvalue weighted by atomic mass is 9.92. The van der Waals surface area contributed by atoms with Crippen molar-refractivity contribution in [1.29, 1.82) is 0 Å². The molecule has 0 amide bonds. The maximum Gasteiger partial charge on any atom is 0.246 e. The standard InChI is InChI=1S/C10H9BrF2O/c11-7-3-1-2-6(4-7)9-8(5-14-9)10(12)13/h1-4,8-10H,5H2. The van der Waals surface area contributed by atoms with Gasteiger partial charge in [-0.3, -0.25) is 0 Å². The fraction of sp³-hybridized carbons (Fsp3) is 0.400. The Morgan fingerprint density at radius 3 is 2.71 bits per heavy atom. The Bertz CT molecular complexity index is 330. The van der Waals surface area contributed by atoms with Gasteiger partial charge in [0.2, 0.25) is 6.43 Å². The van der Waals surface area contributed by atoms with Crippen LogP contribution in [0.5, 0.6) is 0 Å². The minimum atomic E-state index is -2.30. The molecule has 0 saturated carbocycles. The Hall–Kier alpha value is -0.480. The van der Waals surface area contributed by atoms with Crippen LogP contribution in [-0.4, -0.2) is 13.0 Å². The highest BCUT2D eigenvalue weighted by atomic mass is 79.9. The Kier molecular flexibility index (Phi) is 2.83. The Morgan fingerprint density at radius 2 is 2.21 bits per heavy atom. The van der Waals surface area contributed by atoms with Gasteiger partial charge in [-0.1, -0.05) is 28.1 Å². The molecule has 1 saturated heterocycles. The maximum absolute atomic E-state index is 12.4. The van der Waals surface area contributed by atoms with Crippen molar-refractivity contribution in [3.8, 4) is 0 Å².